The minimum atomic E-state index is -3.61. The number of benzene rings is 1. The largest absolute Gasteiger partial charge is 0.497 e. The summed E-state index contributed by atoms with van der Waals surface area (Å²) in [6.07, 6.45) is 7.14. The Hall–Kier alpha value is -2.06. The lowest BCUT2D eigenvalue weighted by Crippen LogP contribution is -2.39. The Bertz CT molecular complexity index is 797. The van der Waals surface area contributed by atoms with Crippen molar-refractivity contribution in [2.24, 2.45) is 5.92 Å². The van der Waals surface area contributed by atoms with E-state index in [1.54, 1.807) is 24.7 Å². The number of piperidine rings is 1. The molecule has 3 rings (SSSR count). The molecule has 0 saturated carbocycles. The summed E-state index contributed by atoms with van der Waals surface area (Å²) in [6, 6.07) is 4.83. The Morgan fingerprint density at radius 2 is 1.96 bits per heavy atom. The number of nitrogens with zero attached hydrogens (tertiary/aromatic N) is 3. The molecule has 0 aliphatic carbocycles. The predicted octanol–water partition coefficient (Wildman–Crippen LogP) is 2.00. The first-order chi connectivity index (χ1) is 12.0. The lowest BCUT2D eigenvalue weighted by Gasteiger charge is -2.31. The molecular weight excluding hydrogens is 342 g/mol. The topological polar surface area (TPSA) is 73.7 Å². The van der Waals surface area contributed by atoms with Crippen LogP contribution in [0.1, 0.15) is 12.8 Å². The highest BCUT2D eigenvalue weighted by Gasteiger charge is 2.32. The summed E-state index contributed by atoms with van der Waals surface area (Å²) in [7, 11) is -0.630. The first-order valence-corrected chi connectivity index (χ1v) is 9.66. The number of hydrogen-bond acceptors (Lipinski definition) is 5. The van der Waals surface area contributed by atoms with Crippen LogP contribution in [0.15, 0.2) is 41.8 Å². The summed E-state index contributed by atoms with van der Waals surface area (Å²) in [6.45, 7) is 1.88. The minimum absolute atomic E-state index is 0.155. The van der Waals surface area contributed by atoms with Crippen LogP contribution in [-0.2, 0) is 16.6 Å². The molecule has 136 valence electrons. The van der Waals surface area contributed by atoms with Gasteiger partial charge in [-0.15, -0.1) is 0 Å². The van der Waals surface area contributed by atoms with E-state index in [1.165, 1.54) is 24.6 Å². The standard InChI is InChI=1S/C17H23N3O4S/c1-23-15-3-4-16(24-2)17(11-15)25(21,22)20-8-5-14(6-9-20)12-19-10-7-18-13-19/h3-4,7,10-11,13-14H,5-6,8-9,12H2,1-2H3. The van der Waals surface area contributed by atoms with E-state index in [1.807, 2.05) is 10.8 Å². The number of imidazole rings is 1. The minimum Gasteiger partial charge on any atom is -0.497 e. The van der Waals surface area contributed by atoms with Crippen molar-refractivity contribution in [3.05, 3.63) is 36.9 Å². The van der Waals surface area contributed by atoms with Crippen LogP contribution < -0.4 is 9.47 Å². The lowest BCUT2D eigenvalue weighted by atomic mass is 9.98. The molecule has 8 heteroatoms. The van der Waals surface area contributed by atoms with Crippen molar-refractivity contribution in [3.63, 3.8) is 0 Å². The maximum atomic E-state index is 13.0. The molecule has 1 aromatic carbocycles. The van der Waals surface area contributed by atoms with E-state index in [4.69, 9.17) is 9.47 Å². The smallest absolute Gasteiger partial charge is 0.246 e. The van der Waals surface area contributed by atoms with Gasteiger partial charge in [0, 0.05) is 38.1 Å². The van der Waals surface area contributed by atoms with Gasteiger partial charge in [0.05, 0.1) is 20.5 Å². The van der Waals surface area contributed by atoms with Crippen LogP contribution in [-0.4, -0.2) is 49.6 Å². The van der Waals surface area contributed by atoms with Crippen molar-refractivity contribution in [2.45, 2.75) is 24.3 Å². The van der Waals surface area contributed by atoms with E-state index in [0.29, 0.717) is 30.5 Å². The molecule has 0 radical (unpaired) electrons. The maximum absolute atomic E-state index is 13.0. The third kappa shape index (κ3) is 3.80. The van der Waals surface area contributed by atoms with E-state index in [2.05, 4.69) is 4.98 Å². The van der Waals surface area contributed by atoms with Gasteiger partial charge in [-0.05, 0) is 30.9 Å². The van der Waals surface area contributed by atoms with Crippen LogP contribution in [0, 0.1) is 5.92 Å². The van der Waals surface area contributed by atoms with Gasteiger partial charge in [-0.1, -0.05) is 0 Å². The molecule has 2 aromatic rings. The van der Waals surface area contributed by atoms with Gasteiger partial charge in [0.2, 0.25) is 10.0 Å². The van der Waals surface area contributed by atoms with Gasteiger partial charge in [-0.2, -0.15) is 4.31 Å². The number of hydrogen-bond donors (Lipinski definition) is 0. The number of methoxy groups -OCH3 is 2. The Kier molecular flexibility index (Phi) is 5.29. The molecule has 7 nitrogen and oxygen atoms in total. The van der Waals surface area contributed by atoms with E-state index in [0.717, 1.165) is 19.4 Å². The van der Waals surface area contributed by atoms with Gasteiger partial charge in [0.15, 0.2) is 0 Å². The second kappa shape index (κ2) is 7.45. The second-order valence-corrected chi connectivity index (χ2v) is 8.03. The Morgan fingerprint density at radius 1 is 1.20 bits per heavy atom. The van der Waals surface area contributed by atoms with Crippen LogP contribution >= 0.6 is 0 Å². The summed E-state index contributed by atoms with van der Waals surface area (Å²) >= 11 is 0. The van der Waals surface area contributed by atoms with Crippen molar-refractivity contribution in [2.75, 3.05) is 27.3 Å². The van der Waals surface area contributed by atoms with Crippen LogP contribution in [0.25, 0.3) is 0 Å². The molecule has 1 fully saturated rings. The van der Waals surface area contributed by atoms with Crippen molar-refractivity contribution in [1.82, 2.24) is 13.9 Å². The summed E-state index contributed by atoms with van der Waals surface area (Å²) < 4.78 is 40.1. The fraction of sp³-hybridized carbons (Fsp3) is 0.471. The zero-order valence-corrected chi connectivity index (χ0v) is 15.3. The van der Waals surface area contributed by atoms with Crippen LogP contribution in [0.2, 0.25) is 0 Å². The third-order valence-corrected chi connectivity index (χ3v) is 6.51. The number of ether oxygens (including phenoxy) is 2. The molecule has 2 heterocycles. The molecule has 0 atom stereocenters. The van der Waals surface area contributed by atoms with Crippen molar-refractivity contribution in [1.29, 1.82) is 0 Å². The highest BCUT2D eigenvalue weighted by molar-refractivity contribution is 7.89. The monoisotopic (exact) mass is 365 g/mol. The molecule has 1 aromatic heterocycles. The normalized spacial score (nSPS) is 16.7. The summed E-state index contributed by atoms with van der Waals surface area (Å²) in [5.41, 5.74) is 0. The van der Waals surface area contributed by atoms with Crippen LogP contribution in [0.3, 0.4) is 0 Å². The molecule has 0 bridgehead atoms. The Morgan fingerprint density at radius 3 is 2.56 bits per heavy atom. The van der Waals surface area contributed by atoms with Crippen molar-refractivity contribution >= 4 is 10.0 Å². The zero-order chi connectivity index (χ0) is 17.9. The van der Waals surface area contributed by atoms with Crippen LogP contribution in [0.5, 0.6) is 11.5 Å². The van der Waals surface area contributed by atoms with Gasteiger partial charge < -0.3 is 14.0 Å². The van der Waals surface area contributed by atoms with Gasteiger partial charge in [-0.25, -0.2) is 13.4 Å². The number of sulfonamides is 1. The molecular formula is C17H23N3O4S. The predicted molar refractivity (Wildman–Crippen MR) is 93.3 cm³/mol. The average molecular weight is 365 g/mol. The Balaban J connectivity index is 1.73. The molecule has 0 unspecified atom stereocenters. The lowest BCUT2D eigenvalue weighted by molar-refractivity contribution is 0.252. The fourth-order valence-electron chi connectivity index (χ4n) is 3.15. The average Bonchev–Trinajstić information content (AvgIpc) is 3.14. The maximum Gasteiger partial charge on any atom is 0.246 e. The van der Waals surface area contributed by atoms with E-state index >= 15 is 0 Å². The highest BCUT2D eigenvalue weighted by Crippen LogP contribution is 2.32. The SMILES string of the molecule is COc1ccc(OC)c(S(=O)(=O)N2CCC(Cn3ccnc3)CC2)c1. The molecule has 1 saturated heterocycles. The van der Waals surface area contributed by atoms with E-state index in [9.17, 15) is 8.42 Å². The number of aromatic nitrogens is 2. The molecule has 1 aliphatic heterocycles. The Labute approximate surface area is 148 Å². The highest BCUT2D eigenvalue weighted by atomic mass is 32.2. The molecule has 0 spiro atoms. The summed E-state index contributed by atoms with van der Waals surface area (Å²) in [4.78, 5) is 4.20. The van der Waals surface area contributed by atoms with Gasteiger partial charge in [-0.3, -0.25) is 0 Å². The number of rotatable bonds is 6. The van der Waals surface area contributed by atoms with Crippen molar-refractivity contribution < 1.29 is 17.9 Å². The summed E-state index contributed by atoms with van der Waals surface area (Å²) in [5, 5.41) is 0. The van der Waals surface area contributed by atoms with E-state index < -0.39 is 10.0 Å². The summed E-state index contributed by atoms with van der Waals surface area (Å²) in [5.74, 6) is 1.28. The molecule has 1 aliphatic rings. The zero-order valence-electron chi connectivity index (χ0n) is 14.5. The quantitative estimate of drug-likeness (QED) is 0.783. The van der Waals surface area contributed by atoms with Gasteiger partial charge in [0.1, 0.15) is 16.4 Å². The molecule has 25 heavy (non-hydrogen) atoms. The van der Waals surface area contributed by atoms with Crippen molar-refractivity contribution in [3.8, 4) is 11.5 Å². The fourth-order valence-corrected chi connectivity index (χ4v) is 4.79. The third-order valence-electron chi connectivity index (χ3n) is 4.59. The molecule has 0 amide bonds. The first-order valence-electron chi connectivity index (χ1n) is 8.22. The first kappa shape index (κ1) is 17.8. The van der Waals surface area contributed by atoms with E-state index in [-0.39, 0.29) is 4.90 Å². The van der Waals surface area contributed by atoms with Gasteiger partial charge in [0.25, 0.3) is 0 Å². The van der Waals surface area contributed by atoms with Crippen LogP contribution in [0.4, 0.5) is 0 Å². The van der Waals surface area contributed by atoms with Gasteiger partial charge >= 0.3 is 0 Å². The molecule has 0 N–H and O–H groups in total. The second-order valence-electron chi connectivity index (χ2n) is 6.12.